The lowest BCUT2D eigenvalue weighted by atomic mass is 10.1. The topological polar surface area (TPSA) is 97.4 Å². The summed E-state index contributed by atoms with van der Waals surface area (Å²) in [5.74, 6) is -0.949. The highest BCUT2D eigenvalue weighted by molar-refractivity contribution is 7.80. The Kier molecular flexibility index (Phi) is 6.27. The van der Waals surface area contributed by atoms with E-state index in [1.165, 1.54) is 30.3 Å². The van der Waals surface area contributed by atoms with Gasteiger partial charge >= 0.3 is 6.18 Å². The number of rotatable bonds is 4. The van der Waals surface area contributed by atoms with Gasteiger partial charge in [-0.05, 0) is 48.6 Å². The molecule has 3 rings (SSSR count). The van der Waals surface area contributed by atoms with Gasteiger partial charge in [0.25, 0.3) is 11.6 Å². The second-order valence-electron chi connectivity index (χ2n) is 6.04. The molecular formula is C19H11ClF3N3O4S. The maximum Gasteiger partial charge on any atom is 0.416 e. The third-order valence-corrected chi connectivity index (χ3v) is 4.50. The number of carbonyl (C=O) groups is 1. The number of benzene rings is 2. The zero-order valence-electron chi connectivity index (χ0n) is 15.2. The summed E-state index contributed by atoms with van der Waals surface area (Å²) < 4.78 is 44.0. The van der Waals surface area contributed by atoms with E-state index in [0.717, 1.165) is 18.2 Å². The van der Waals surface area contributed by atoms with Crippen molar-refractivity contribution in [3.8, 4) is 11.3 Å². The molecule has 0 radical (unpaired) electrons. The van der Waals surface area contributed by atoms with Gasteiger partial charge in [-0.25, -0.2) is 0 Å². The van der Waals surface area contributed by atoms with Crippen LogP contribution in [-0.4, -0.2) is 15.9 Å². The third kappa shape index (κ3) is 5.19. The molecular weight excluding hydrogens is 459 g/mol. The molecule has 0 aliphatic rings. The van der Waals surface area contributed by atoms with Crippen LogP contribution >= 0.6 is 23.8 Å². The van der Waals surface area contributed by atoms with Crippen LogP contribution in [0.25, 0.3) is 11.3 Å². The average molecular weight is 470 g/mol. The standard InChI is InChI=1S/C19H11ClF3N3O4S/c20-12-6-5-10(19(21,22)23)9-13(12)24-18(31)25-17(27)16-8-7-15(30-16)11-3-1-2-4-14(11)26(28)29/h1-9H,(H2,24,25,27,31). The van der Waals surface area contributed by atoms with E-state index in [1.807, 2.05) is 0 Å². The third-order valence-electron chi connectivity index (χ3n) is 3.96. The van der Waals surface area contributed by atoms with Crippen molar-refractivity contribution in [1.29, 1.82) is 0 Å². The van der Waals surface area contributed by atoms with Gasteiger partial charge < -0.3 is 9.73 Å². The second kappa shape index (κ2) is 8.74. The number of carbonyl (C=O) groups excluding carboxylic acids is 1. The van der Waals surface area contributed by atoms with Crippen LogP contribution in [-0.2, 0) is 6.18 Å². The van der Waals surface area contributed by atoms with Crippen LogP contribution in [0.15, 0.2) is 59.0 Å². The van der Waals surface area contributed by atoms with Crippen molar-refractivity contribution >= 4 is 46.2 Å². The molecule has 0 spiro atoms. The lowest BCUT2D eigenvalue weighted by Gasteiger charge is -2.13. The zero-order chi connectivity index (χ0) is 22.8. The number of hydrogen-bond acceptors (Lipinski definition) is 5. The SMILES string of the molecule is O=C(NC(=S)Nc1cc(C(F)(F)F)ccc1Cl)c1ccc(-c2ccccc2[N+](=O)[O-])o1. The van der Waals surface area contributed by atoms with Gasteiger partial charge in [0.05, 0.1) is 26.8 Å². The van der Waals surface area contributed by atoms with Gasteiger partial charge in [0.15, 0.2) is 10.9 Å². The number of alkyl halides is 3. The number of nitro benzene ring substituents is 1. The van der Waals surface area contributed by atoms with E-state index in [0.29, 0.717) is 0 Å². The molecule has 12 heteroatoms. The Balaban J connectivity index is 1.74. The normalized spacial score (nSPS) is 11.1. The maximum absolute atomic E-state index is 12.9. The molecule has 0 aliphatic heterocycles. The Labute approximate surface area is 183 Å². The number of thiocarbonyl (C=S) groups is 1. The van der Waals surface area contributed by atoms with Gasteiger partial charge in [-0.1, -0.05) is 23.7 Å². The minimum absolute atomic E-state index is 0.0405. The van der Waals surface area contributed by atoms with E-state index in [9.17, 15) is 28.1 Å². The summed E-state index contributed by atoms with van der Waals surface area (Å²) >= 11 is 10.8. The van der Waals surface area contributed by atoms with Crippen LogP contribution in [0.2, 0.25) is 5.02 Å². The molecule has 2 aromatic carbocycles. The predicted octanol–water partition coefficient (Wildman–Crippen LogP) is 5.65. The molecule has 0 saturated carbocycles. The Morgan fingerprint density at radius 3 is 2.52 bits per heavy atom. The molecule has 0 atom stereocenters. The summed E-state index contributed by atoms with van der Waals surface area (Å²) in [5.41, 5.74) is -1.14. The highest BCUT2D eigenvalue weighted by atomic mass is 35.5. The Hall–Kier alpha value is -3.44. The van der Waals surface area contributed by atoms with Crippen molar-refractivity contribution in [2.24, 2.45) is 0 Å². The molecule has 0 fully saturated rings. The van der Waals surface area contributed by atoms with Crippen molar-refractivity contribution in [1.82, 2.24) is 5.32 Å². The lowest BCUT2D eigenvalue weighted by Crippen LogP contribution is -2.34. The average Bonchev–Trinajstić information content (AvgIpc) is 3.19. The van der Waals surface area contributed by atoms with Crippen LogP contribution in [0.3, 0.4) is 0 Å². The summed E-state index contributed by atoms with van der Waals surface area (Å²) in [6.07, 6.45) is -4.59. The number of anilines is 1. The van der Waals surface area contributed by atoms with Gasteiger partial charge in [-0.15, -0.1) is 0 Å². The van der Waals surface area contributed by atoms with Crippen LogP contribution in [0.4, 0.5) is 24.5 Å². The molecule has 1 amide bonds. The first kappa shape index (κ1) is 22.2. The number of hydrogen-bond donors (Lipinski definition) is 2. The molecule has 7 nitrogen and oxygen atoms in total. The fourth-order valence-electron chi connectivity index (χ4n) is 2.56. The first-order valence-corrected chi connectivity index (χ1v) is 9.17. The van der Waals surface area contributed by atoms with Gasteiger partial charge in [0.2, 0.25) is 0 Å². The highest BCUT2D eigenvalue weighted by Crippen LogP contribution is 2.34. The number of nitrogens with zero attached hydrogens (tertiary/aromatic N) is 1. The number of nitrogens with one attached hydrogen (secondary N) is 2. The quantitative estimate of drug-likeness (QED) is 0.291. The predicted molar refractivity (Wildman–Crippen MR) is 111 cm³/mol. The Morgan fingerprint density at radius 1 is 1.13 bits per heavy atom. The molecule has 1 aromatic heterocycles. The maximum atomic E-state index is 12.9. The molecule has 31 heavy (non-hydrogen) atoms. The zero-order valence-corrected chi connectivity index (χ0v) is 16.8. The van der Waals surface area contributed by atoms with E-state index < -0.39 is 22.6 Å². The van der Waals surface area contributed by atoms with Gasteiger partial charge in [0.1, 0.15) is 5.76 Å². The summed E-state index contributed by atoms with van der Waals surface area (Å²) in [6, 6.07) is 11.1. The fourth-order valence-corrected chi connectivity index (χ4v) is 2.93. The van der Waals surface area contributed by atoms with Crippen LogP contribution in [0.5, 0.6) is 0 Å². The minimum atomic E-state index is -4.59. The summed E-state index contributed by atoms with van der Waals surface area (Å²) in [5, 5.41) is 15.5. The second-order valence-corrected chi connectivity index (χ2v) is 6.85. The summed E-state index contributed by atoms with van der Waals surface area (Å²) in [6.45, 7) is 0. The van der Waals surface area contributed by atoms with Crippen molar-refractivity contribution in [2.45, 2.75) is 6.18 Å². The Bertz CT molecular complexity index is 1180. The largest absolute Gasteiger partial charge is 0.451 e. The highest BCUT2D eigenvalue weighted by Gasteiger charge is 2.31. The van der Waals surface area contributed by atoms with E-state index in [4.69, 9.17) is 28.2 Å². The number of amides is 1. The van der Waals surface area contributed by atoms with Crippen LogP contribution < -0.4 is 10.6 Å². The van der Waals surface area contributed by atoms with Crippen molar-refractivity contribution in [2.75, 3.05) is 5.32 Å². The van der Waals surface area contributed by atoms with Crippen LogP contribution in [0.1, 0.15) is 16.1 Å². The minimum Gasteiger partial charge on any atom is -0.451 e. The van der Waals surface area contributed by atoms with Crippen LogP contribution in [0, 0.1) is 10.1 Å². The summed E-state index contributed by atoms with van der Waals surface area (Å²) in [4.78, 5) is 22.9. The number of para-hydroxylation sites is 1. The molecule has 0 aliphatic carbocycles. The number of furan rings is 1. The van der Waals surface area contributed by atoms with Gasteiger partial charge in [0, 0.05) is 6.07 Å². The Morgan fingerprint density at radius 2 is 1.84 bits per heavy atom. The molecule has 160 valence electrons. The van der Waals surface area contributed by atoms with Gasteiger partial charge in [-0.3, -0.25) is 20.2 Å². The molecule has 0 bridgehead atoms. The van der Waals surface area contributed by atoms with Gasteiger partial charge in [-0.2, -0.15) is 13.2 Å². The molecule has 0 saturated heterocycles. The monoisotopic (exact) mass is 469 g/mol. The van der Waals surface area contributed by atoms with E-state index in [2.05, 4.69) is 10.6 Å². The lowest BCUT2D eigenvalue weighted by molar-refractivity contribution is -0.384. The van der Waals surface area contributed by atoms with Crippen molar-refractivity contribution in [3.05, 3.63) is 81.1 Å². The van der Waals surface area contributed by atoms with Crippen molar-refractivity contribution < 1.29 is 27.3 Å². The van der Waals surface area contributed by atoms with Crippen molar-refractivity contribution in [3.63, 3.8) is 0 Å². The molecule has 3 aromatic rings. The smallest absolute Gasteiger partial charge is 0.416 e. The van der Waals surface area contributed by atoms with E-state index >= 15 is 0 Å². The molecule has 1 heterocycles. The number of nitro groups is 1. The first-order valence-electron chi connectivity index (χ1n) is 8.39. The summed E-state index contributed by atoms with van der Waals surface area (Å²) in [7, 11) is 0. The molecule has 0 unspecified atom stereocenters. The molecule has 2 N–H and O–H groups in total. The van der Waals surface area contributed by atoms with E-state index in [-0.39, 0.29) is 38.6 Å². The fraction of sp³-hybridized carbons (Fsp3) is 0.0526. The van der Waals surface area contributed by atoms with E-state index in [1.54, 1.807) is 6.07 Å². The number of halogens is 4. The first-order chi connectivity index (χ1) is 14.6.